The molecule has 1 aliphatic carbocycles. The molecule has 1 aromatic carbocycles. The average Bonchev–Trinajstić information content (AvgIpc) is 3.15. The Labute approximate surface area is 146 Å². The van der Waals surface area contributed by atoms with Crippen LogP contribution in [-0.4, -0.2) is 34.2 Å². The van der Waals surface area contributed by atoms with Gasteiger partial charge in [-0.05, 0) is 56.9 Å². The maximum atomic E-state index is 12.7. The summed E-state index contributed by atoms with van der Waals surface area (Å²) in [5.41, 5.74) is 0.739. The first-order valence-electron chi connectivity index (χ1n) is 8.88. The number of amides is 2. The molecule has 1 saturated carbocycles. The molecular formula is C18H22N4O3. The summed E-state index contributed by atoms with van der Waals surface area (Å²) in [4.78, 5) is 18.9. The smallest absolute Gasteiger partial charge is 0.322 e. The highest BCUT2D eigenvalue weighted by atomic mass is 16.5. The van der Waals surface area contributed by atoms with E-state index in [2.05, 4.69) is 15.5 Å². The lowest BCUT2D eigenvalue weighted by atomic mass is 10.2. The van der Waals surface area contributed by atoms with Crippen LogP contribution in [0, 0.1) is 0 Å². The first-order valence-corrected chi connectivity index (χ1v) is 8.88. The fraction of sp³-hybridized carbons (Fsp3) is 0.500. The highest BCUT2D eigenvalue weighted by Gasteiger charge is 2.36. The number of nitrogens with one attached hydrogen (secondary N) is 1. The summed E-state index contributed by atoms with van der Waals surface area (Å²) in [5, 5.41) is 7.01. The summed E-state index contributed by atoms with van der Waals surface area (Å²) in [6, 6.07) is 7.10. The SMILES string of the molecule is CCOc1ccc(NC(=O)N2CCCC2c2nc(C3CC3)no2)cc1. The number of anilines is 1. The zero-order valence-electron chi connectivity index (χ0n) is 14.3. The molecule has 7 nitrogen and oxygen atoms in total. The number of ether oxygens (including phenoxy) is 1. The van der Waals surface area contributed by atoms with Crippen molar-refractivity contribution >= 4 is 11.7 Å². The lowest BCUT2D eigenvalue weighted by molar-refractivity contribution is 0.193. The van der Waals surface area contributed by atoms with Crippen molar-refractivity contribution in [2.75, 3.05) is 18.5 Å². The van der Waals surface area contributed by atoms with Crippen LogP contribution in [-0.2, 0) is 0 Å². The molecule has 4 rings (SSSR count). The van der Waals surface area contributed by atoms with Crippen LogP contribution in [0.5, 0.6) is 5.75 Å². The van der Waals surface area contributed by atoms with Gasteiger partial charge >= 0.3 is 6.03 Å². The van der Waals surface area contributed by atoms with Crippen LogP contribution in [0.4, 0.5) is 10.5 Å². The number of rotatable bonds is 5. The van der Waals surface area contributed by atoms with Crippen LogP contribution >= 0.6 is 0 Å². The monoisotopic (exact) mass is 342 g/mol. The lowest BCUT2D eigenvalue weighted by Crippen LogP contribution is -2.34. The maximum absolute atomic E-state index is 12.7. The Balaban J connectivity index is 1.42. The highest BCUT2D eigenvalue weighted by Crippen LogP contribution is 2.39. The third-order valence-electron chi connectivity index (χ3n) is 4.62. The molecule has 1 unspecified atom stereocenters. The van der Waals surface area contributed by atoms with Crippen LogP contribution in [0.2, 0.25) is 0 Å². The second-order valence-corrected chi connectivity index (χ2v) is 6.50. The molecule has 2 fully saturated rings. The van der Waals surface area contributed by atoms with Gasteiger partial charge in [0.15, 0.2) is 5.82 Å². The van der Waals surface area contributed by atoms with Gasteiger partial charge in [-0.1, -0.05) is 5.16 Å². The van der Waals surface area contributed by atoms with Crippen LogP contribution < -0.4 is 10.1 Å². The summed E-state index contributed by atoms with van der Waals surface area (Å²) < 4.78 is 10.8. The molecule has 132 valence electrons. The quantitative estimate of drug-likeness (QED) is 0.896. The predicted octanol–water partition coefficient (Wildman–Crippen LogP) is 3.71. The van der Waals surface area contributed by atoms with Crippen LogP contribution in [0.3, 0.4) is 0 Å². The van der Waals surface area contributed by atoms with Gasteiger partial charge in [0.1, 0.15) is 11.8 Å². The van der Waals surface area contributed by atoms with E-state index in [-0.39, 0.29) is 12.1 Å². The summed E-state index contributed by atoms with van der Waals surface area (Å²) in [7, 11) is 0. The number of benzene rings is 1. The van der Waals surface area contributed by atoms with Gasteiger partial charge in [-0.2, -0.15) is 4.98 Å². The van der Waals surface area contributed by atoms with E-state index in [9.17, 15) is 4.79 Å². The minimum Gasteiger partial charge on any atom is -0.494 e. The van der Waals surface area contributed by atoms with Gasteiger partial charge in [-0.25, -0.2) is 4.79 Å². The molecule has 2 heterocycles. The molecule has 25 heavy (non-hydrogen) atoms. The highest BCUT2D eigenvalue weighted by molar-refractivity contribution is 5.89. The van der Waals surface area contributed by atoms with E-state index in [0.717, 1.165) is 42.9 Å². The number of nitrogens with zero attached hydrogens (tertiary/aromatic N) is 3. The van der Waals surface area contributed by atoms with Crippen LogP contribution in [0.15, 0.2) is 28.8 Å². The van der Waals surface area contributed by atoms with Crippen molar-refractivity contribution in [1.82, 2.24) is 15.0 Å². The van der Waals surface area contributed by atoms with Crippen molar-refractivity contribution < 1.29 is 14.1 Å². The molecule has 1 aromatic heterocycles. The van der Waals surface area contributed by atoms with Gasteiger partial charge < -0.3 is 19.5 Å². The summed E-state index contributed by atoms with van der Waals surface area (Å²) in [5.74, 6) is 2.58. The summed E-state index contributed by atoms with van der Waals surface area (Å²) in [6.07, 6.45) is 4.04. The molecule has 2 aromatic rings. The van der Waals surface area contributed by atoms with E-state index in [1.165, 1.54) is 0 Å². The fourth-order valence-electron chi connectivity index (χ4n) is 3.15. The number of carbonyl (C=O) groups excluding carboxylic acids is 1. The first-order chi connectivity index (χ1) is 12.2. The molecule has 2 amide bonds. The fourth-order valence-corrected chi connectivity index (χ4v) is 3.15. The largest absolute Gasteiger partial charge is 0.494 e. The number of carbonyl (C=O) groups is 1. The van der Waals surface area contributed by atoms with Gasteiger partial charge in [-0.15, -0.1) is 0 Å². The number of likely N-dealkylation sites (tertiary alicyclic amines) is 1. The minimum absolute atomic E-state index is 0.136. The van der Waals surface area contributed by atoms with Gasteiger partial charge in [0.05, 0.1) is 6.61 Å². The Morgan fingerprint density at radius 1 is 1.32 bits per heavy atom. The van der Waals surface area contributed by atoms with E-state index in [1.54, 1.807) is 4.90 Å². The molecular weight excluding hydrogens is 320 g/mol. The second kappa shape index (κ2) is 6.74. The Kier molecular flexibility index (Phi) is 4.29. The molecule has 7 heteroatoms. The average molecular weight is 342 g/mol. The van der Waals surface area contributed by atoms with Crippen molar-refractivity contribution in [3.8, 4) is 5.75 Å². The normalized spacial score (nSPS) is 19.9. The Morgan fingerprint density at radius 2 is 2.12 bits per heavy atom. The first kappa shape index (κ1) is 15.9. The summed E-state index contributed by atoms with van der Waals surface area (Å²) >= 11 is 0. The Morgan fingerprint density at radius 3 is 2.84 bits per heavy atom. The molecule has 0 bridgehead atoms. The van der Waals surface area contributed by atoms with Crippen LogP contribution in [0.25, 0.3) is 0 Å². The van der Waals surface area contributed by atoms with Gasteiger partial charge in [0.2, 0.25) is 5.89 Å². The van der Waals surface area contributed by atoms with E-state index >= 15 is 0 Å². The molecule has 1 N–H and O–H groups in total. The van der Waals surface area contributed by atoms with Crippen molar-refractivity contribution in [3.05, 3.63) is 36.0 Å². The lowest BCUT2D eigenvalue weighted by Gasteiger charge is -2.22. The third-order valence-corrected chi connectivity index (χ3v) is 4.62. The van der Waals surface area contributed by atoms with Crippen molar-refractivity contribution in [2.45, 2.75) is 44.6 Å². The third kappa shape index (κ3) is 3.45. The molecule has 1 saturated heterocycles. The van der Waals surface area contributed by atoms with Crippen LogP contribution in [0.1, 0.15) is 56.3 Å². The van der Waals surface area contributed by atoms with E-state index in [4.69, 9.17) is 9.26 Å². The van der Waals surface area contributed by atoms with Gasteiger partial charge in [0.25, 0.3) is 0 Å². The predicted molar refractivity (Wildman–Crippen MR) is 91.6 cm³/mol. The number of aromatic nitrogens is 2. The maximum Gasteiger partial charge on any atom is 0.322 e. The number of hydrogen-bond acceptors (Lipinski definition) is 5. The van der Waals surface area contributed by atoms with Crippen molar-refractivity contribution in [3.63, 3.8) is 0 Å². The van der Waals surface area contributed by atoms with E-state index < -0.39 is 0 Å². The molecule has 1 aliphatic heterocycles. The second-order valence-electron chi connectivity index (χ2n) is 6.50. The number of hydrogen-bond donors (Lipinski definition) is 1. The molecule has 2 aliphatic rings. The van der Waals surface area contributed by atoms with E-state index in [0.29, 0.717) is 25.0 Å². The standard InChI is InChI=1S/C18H22N4O3/c1-2-24-14-9-7-13(8-10-14)19-18(23)22-11-3-4-15(22)17-20-16(21-25-17)12-5-6-12/h7-10,12,15H,2-6,11H2,1H3,(H,19,23). The Bertz CT molecular complexity index is 739. The van der Waals surface area contributed by atoms with E-state index in [1.807, 2.05) is 31.2 Å². The van der Waals surface area contributed by atoms with Crippen molar-refractivity contribution in [2.24, 2.45) is 0 Å². The summed E-state index contributed by atoms with van der Waals surface area (Å²) in [6.45, 7) is 3.25. The zero-order valence-corrected chi connectivity index (χ0v) is 14.3. The number of urea groups is 1. The Hall–Kier alpha value is -2.57. The van der Waals surface area contributed by atoms with Gasteiger partial charge in [0, 0.05) is 18.2 Å². The van der Waals surface area contributed by atoms with Gasteiger partial charge in [-0.3, -0.25) is 0 Å². The minimum atomic E-state index is -0.141. The van der Waals surface area contributed by atoms with Crippen molar-refractivity contribution in [1.29, 1.82) is 0 Å². The molecule has 1 atom stereocenters. The topological polar surface area (TPSA) is 80.5 Å². The zero-order chi connectivity index (χ0) is 17.2. The molecule has 0 spiro atoms. The molecule has 0 radical (unpaired) electrons.